The van der Waals surface area contributed by atoms with Crippen molar-refractivity contribution in [2.24, 2.45) is 11.8 Å². The van der Waals surface area contributed by atoms with Crippen molar-refractivity contribution in [1.82, 2.24) is 19.9 Å². The molecular formula is C25H33F3N4O2. The molecule has 2 aliphatic heterocycles. The first-order valence-electron chi connectivity index (χ1n) is 12.6. The maximum Gasteiger partial charge on any atom is 0.389 e. The maximum absolute atomic E-state index is 13.0. The zero-order valence-electron chi connectivity index (χ0n) is 19.4. The average molecular weight is 479 g/mol. The Balaban J connectivity index is 1.18. The van der Waals surface area contributed by atoms with E-state index in [0.717, 1.165) is 55.9 Å². The number of halogens is 3. The molecule has 2 aromatic rings. The zero-order chi connectivity index (χ0) is 23.7. The molecule has 34 heavy (non-hydrogen) atoms. The number of imidazole rings is 1. The van der Waals surface area contributed by atoms with Crippen LogP contribution in [0.5, 0.6) is 0 Å². The lowest BCUT2D eigenvalue weighted by Gasteiger charge is -2.36. The molecule has 9 heteroatoms. The molecule has 2 saturated heterocycles. The smallest absolute Gasteiger partial charge is 0.381 e. The van der Waals surface area contributed by atoms with Crippen LogP contribution in [0.25, 0.3) is 11.2 Å². The Hall–Kier alpha value is -2.16. The summed E-state index contributed by atoms with van der Waals surface area (Å²) in [4.78, 5) is 27.8. The Morgan fingerprint density at radius 2 is 1.74 bits per heavy atom. The minimum atomic E-state index is -4.11. The molecule has 186 valence electrons. The van der Waals surface area contributed by atoms with Gasteiger partial charge in [-0.15, -0.1) is 0 Å². The topological polar surface area (TPSA) is 71.1 Å². The number of aromatic amines is 1. The lowest BCUT2D eigenvalue weighted by molar-refractivity contribution is -0.149. The summed E-state index contributed by atoms with van der Waals surface area (Å²) in [5, 5.41) is 0. The third-order valence-corrected chi connectivity index (χ3v) is 8.00. The first-order valence-corrected chi connectivity index (χ1v) is 12.6. The van der Waals surface area contributed by atoms with Gasteiger partial charge in [0.15, 0.2) is 5.65 Å². The second-order valence-corrected chi connectivity index (χ2v) is 10.2. The molecule has 3 aliphatic rings. The molecule has 2 aromatic heterocycles. The van der Waals surface area contributed by atoms with E-state index in [2.05, 4.69) is 16.0 Å². The fourth-order valence-corrected chi connectivity index (χ4v) is 6.05. The van der Waals surface area contributed by atoms with Gasteiger partial charge in [0.05, 0.1) is 0 Å². The van der Waals surface area contributed by atoms with Gasteiger partial charge in [0.2, 0.25) is 5.91 Å². The van der Waals surface area contributed by atoms with E-state index in [0.29, 0.717) is 50.6 Å². The summed E-state index contributed by atoms with van der Waals surface area (Å²) >= 11 is 0. The Bertz CT molecular complexity index is 986. The number of ether oxygens (including phenoxy) is 1. The lowest BCUT2D eigenvalue weighted by Crippen LogP contribution is -2.42. The van der Waals surface area contributed by atoms with Gasteiger partial charge in [-0.1, -0.05) is 0 Å². The summed E-state index contributed by atoms with van der Waals surface area (Å²) < 4.78 is 43.5. The number of alkyl halides is 3. The molecule has 1 N–H and O–H groups in total. The minimum absolute atomic E-state index is 0.123. The van der Waals surface area contributed by atoms with E-state index < -0.39 is 12.6 Å². The van der Waals surface area contributed by atoms with Crippen molar-refractivity contribution in [3.05, 3.63) is 23.7 Å². The summed E-state index contributed by atoms with van der Waals surface area (Å²) in [6, 6.07) is 2.06. The molecule has 0 bridgehead atoms. The summed E-state index contributed by atoms with van der Waals surface area (Å²) in [6.45, 7) is 2.90. The summed E-state index contributed by atoms with van der Waals surface area (Å²) in [5.74, 6) is 1.37. The number of amides is 1. The van der Waals surface area contributed by atoms with E-state index in [4.69, 9.17) is 9.72 Å². The van der Waals surface area contributed by atoms with E-state index >= 15 is 0 Å². The van der Waals surface area contributed by atoms with Gasteiger partial charge in [-0.25, -0.2) is 9.97 Å². The molecule has 1 saturated carbocycles. The van der Waals surface area contributed by atoms with Crippen LogP contribution in [0, 0.1) is 11.8 Å². The van der Waals surface area contributed by atoms with Crippen LogP contribution in [0.3, 0.4) is 0 Å². The molecule has 1 aliphatic carbocycles. The van der Waals surface area contributed by atoms with Gasteiger partial charge in [0.1, 0.15) is 11.3 Å². The van der Waals surface area contributed by atoms with Gasteiger partial charge < -0.3 is 14.6 Å². The third-order valence-electron chi connectivity index (χ3n) is 8.00. The van der Waals surface area contributed by atoms with Crippen LogP contribution in [0.2, 0.25) is 0 Å². The number of aromatic nitrogens is 3. The molecule has 6 nitrogen and oxygen atoms in total. The zero-order valence-corrected chi connectivity index (χ0v) is 19.4. The first-order chi connectivity index (χ1) is 16.4. The Morgan fingerprint density at radius 3 is 2.41 bits per heavy atom. The number of carbonyl (C=O) groups is 1. The fraction of sp³-hybridized carbons (Fsp3) is 0.720. The van der Waals surface area contributed by atoms with Crippen molar-refractivity contribution in [3.63, 3.8) is 0 Å². The quantitative estimate of drug-likeness (QED) is 0.646. The van der Waals surface area contributed by atoms with Crippen LogP contribution < -0.4 is 0 Å². The van der Waals surface area contributed by atoms with E-state index in [-0.39, 0.29) is 17.7 Å². The number of rotatable bonds is 4. The number of hydrogen-bond acceptors (Lipinski definition) is 4. The maximum atomic E-state index is 13.0. The highest BCUT2D eigenvalue weighted by atomic mass is 19.4. The van der Waals surface area contributed by atoms with Crippen molar-refractivity contribution in [2.75, 3.05) is 26.3 Å². The second kappa shape index (κ2) is 9.84. The lowest BCUT2D eigenvalue weighted by atomic mass is 9.79. The highest BCUT2D eigenvalue weighted by molar-refractivity contribution is 5.79. The second-order valence-electron chi connectivity index (χ2n) is 10.2. The van der Waals surface area contributed by atoms with Crippen LogP contribution in [0.15, 0.2) is 12.3 Å². The molecule has 0 spiro atoms. The van der Waals surface area contributed by atoms with Gasteiger partial charge >= 0.3 is 6.18 Å². The molecule has 0 atom stereocenters. The van der Waals surface area contributed by atoms with Crippen molar-refractivity contribution in [2.45, 2.75) is 75.8 Å². The van der Waals surface area contributed by atoms with Crippen molar-refractivity contribution in [3.8, 4) is 0 Å². The van der Waals surface area contributed by atoms with Gasteiger partial charge in [0, 0.05) is 50.8 Å². The highest BCUT2D eigenvalue weighted by Crippen LogP contribution is 2.38. The van der Waals surface area contributed by atoms with Crippen molar-refractivity contribution in [1.29, 1.82) is 0 Å². The first kappa shape index (κ1) is 23.6. The molecule has 0 radical (unpaired) electrons. The Morgan fingerprint density at radius 1 is 1.03 bits per heavy atom. The van der Waals surface area contributed by atoms with E-state index in [9.17, 15) is 18.0 Å². The molecule has 5 rings (SSSR count). The average Bonchev–Trinajstić information content (AvgIpc) is 3.28. The number of likely N-dealkylation sites (tertiary alicyclic amines) is 1. The summed E-state index contributed by atoms with van der Waals surface area (Å²) in [5.41, 5.74) is 2.96. The van der Waals surface area contributed by atoms with Crippen molar-refractivity contribution < 1.29 is 22.7 Å². The van der Waals surface area contributed by atoms with Crippen molar-refractivity contribution >= 4 is 17.1 Å². The number of pyridine rings is 1. The molecule has 1 amide bonds. The number of piperidine rings is 1. The van der Waals surface area contributed by atoms with Gasteiger partial charge in [-0.2, -0.15) is 13.2 Å². The van der Waals surface area contributed by atoms with Crippen LogP contribution in [-0.2, 0) is 9.53 Å². The molecular weight excluding hydrogens is 445 g/mol. The van der Waals surface area contributed by atoms with Gasteiger partial charge in [0.25, 0.3) is 0 Å². The monoisotopic (exact) mass is 478 g/mol. The Labute approximate surface area is 197 Å². The number of fused-ring (bicyclic) bond motifs is 1. The SMILES string of the molecule is O=C(C1CCC(CC(F)(F)F)CC1)N1CCC(c2ccnc3[nH]c(C4CCOCC4)nc23)CC1. The predicted octanol–water partition coefficient (Wildman–Crippen LogP) is 5.32. The summed E-state index contributed by atoms with van der Waals surface area (Å²) in [6.07, 6.45) is 2.82. The number of H-pyrrole nitrogens is 1. The van der Waals surface area contributed by atoms with Gasteiger partial charge in [-0.05, 0) is 74.8 Å². The van der Waals surface area contributed by atoms with Crippen LogP contribution in [0.4, 0.5) is 13.2 Å². The highest BCUT2D eigenvalue weighted by Gasteiger charge is 2.37. The molecule has 4 heterocycles. The standard InChI is InChI=1S/C25H33F3N4O2/c26-25(27,28)15-16-1-3-19(4-2-16)24(33)32-11-6-17(7-12-32)20-5-10-29-23-21(20)30-22(31-23)18-8-13-34-14-9-18/h5,10,16-19H,1-4,6-9,11-15H2,(H,29,30,31). The largest absolute Gasteiger partial charge is 0.389 e. The van der Waals surface area contributed by atoms with E-state index in [1.165, 1.54) is 5.56 Å². The number of carbonyl (C=O) groups excluding carboxylic acids is 1. The van der Waals surface area contributed by atoms with Crippen LogP contribution in [-0.4, -0.2) is 58.2 Å². The van der Waals surface area contributed by atoms with Crippen LogP contribution >= 0.6 is 0 Å². The number of nitrogens with one attached hydrogen (secondary N) is 1. The van der Waals surface area contributed by atoms with E-state index in [1.54, 1.807) is 0 Å². The van der Waals surface area contributed by atoms with E-state index in [1.807, 2.05) is 11.1 Å². The van der Waals surface area contributed by atoms with Gasteiger partial charge in [-0.3, -0.25) is 4.79 Å². The summed E-state index contributed by atoms with van der Waals surface area (Å²) in [7, 11) is 0. The molecule has 0 aromatic carbocycles. The number of nitrogens with zero attached hydrogens (tertiary/aromatic N) is 3. The van der Waals surface area contributed by atoms with Crippen LogP contribution in [0.1, 0.15) is 81.0 Å². The third kappa shape index (κ3) is 5.24. The predicted molar refractivity (Wildman–Crippen MR) is 121 cm³/mol. The molecule has 3 fully saturated rings. The normalized spacial score (nSPS) is 25.7. The fourth-order valence-electron chi connectivity index (χ4n) is 6.05. The minimum Gasteiger partial charge on any atom is -0.381 e. The number of hydrogen-bond donors (Lipinski definition) is 1. The molecule has 0 unspecified atom stereocenters. The Kier molecular flexibility index (Phi) is 6.82.